The maximum absolute atomic E-state index is 13.2. The second kappa shape index (κ2) is 5.50. The number of hydrogen-bond donors (Lipinski definition) is 2. The molecule has 2 saturated carbocycles. The number of piperidine rings is 1. The van der Waals surface area contributed by atoms with Crippen molar-refractivity contribution in [3.63, 3.8) is 0 Å². The topological polar surface area (TPSA) is 78.9 Å². The zero-order valence-electron chi connectivity index (χ0n) is 12.9. The number of amides is 1. The van der Waals surface area contributed by atoms with Crippen LogP contribution in [0.4, 0.5) is 0 Å². The molecule has 3 aliphatic rings. The first-order valence-corrected chi connectivity index (χ1v) is 8.37. The summed E-state index contributed by atoms with van der Waals surface area (Å²) in [5.74, 6) is 1.37. The van der Waals surface area contributed by atoms with Crippen molar-refractivity contribution in [2.24, 2.45) is 28.1 Å². The highest BCUT2D eigenvalue weighted by molar-refractivity contribution is 6.07. The Labute approximate surface area is 126 Å². The Kier molecular flexibility index (Phi) is 3.84. The first kappa shape index (κ1) is 14.7. The summed E-state index contributed by atoms with van der Waals surface area (Å²) in [6.07, 6.45) is 8.67. The van der Waals surface area contributed by atoms with Gasteiger partial charge in [0.15, 0.2) is 5.84 Å². The summed E-state index contributed by atoms with van der Waals surface area (Å²) in [6, 6.07) is 0.388. The summed E-state index contributed by atoms with van der Waals surface area (Å²) in [5.41, 5.74) is 5.17. The van der Waals surface area contributed by atoms with Crippen molar-refractivity contribution in [1.29, 1.82) is 0 Å². The number of amidine groups is 1. The van der Waals surface area contributed by atoms with Crippen molar-refractivity contribution in [3.05, 3.63) is 0 Å². The van der Waals surface area contributed by atoms with Crippen LogP contribution in [0.2, 0.25) is 0 Å². The molecule has 5 nitrogen and oxygen atoms in total. The standard InChI is InChI=1S/C16H27N3O2/c1-11-9-16(10-11,14(17)18-21)15(20)19-8-4-6-12-5-2-3-7-13(12)19/h11-13,21H,2-10H2,1H3,(H2,17,18)/t11?,12-,13-,16?/m1/s1. The average Bonchev–Trinajstić information content (AvgIpc) is 2.49. The predicted octanol–water partition coefficient (Wildman–Crippen LogP) is 2.33. The van der Waals surface area contributed by atoms with E-state index in [1.165, 1.54) is 25.7 Å². The van der Waals surface area contributed by atoms with Gasteiger partial charge in [-0.15, -0.1) is 0 Å². The summed E-state index contributed by atoms with van der Waals surface area (Å²) in [5, 5.41) is 12.3. The zero-order valence-corrected chi connectivity index (χ0v) is 12.9. The van der Waals surface area contributed by atoms with E-state index in [4.69, 9.17) is 10.9 Å². The molecule has 3 rings (SSSR count). The second-order valence-corrected chi connectivity index (χ2v) is 7.33. The highest BCUT2D eigenvalue weighted by Gasteiger charge is 2.55. The number of carbonyl (C=O) groups is 1. The van der Waals surface area contributed by atoms with E-state index >= 15 is 0 Å². The Morgan fingerprint density at radius 3 is 2.57 bits per heavy atom. The maximum Gasteiger partial charge on any atom is 0.236 e. The summed E-state index contributed by atoms with van der Waals surface area (Å²) in [7, 11) is 0. The van der Waals surface area contributed by atoms with E-state index in [-0.39, 0.29) is 11.7 Å². The van der Waals surface area contributed by atoms with Gasteiger partial charge in [0.2, 0.25) is 5.91 Å². The van der Waals surface area contributed by atoms with Crippen LogP contribution in [-0.4, -0.2) is 34.4 Å². The van der Waals surface area contributed by atoms with Crippen LogP contribution in [0, 0.1) is 17.3 Å². The average molecular weight is 293 g/mol. The van der Waals surface area contributed by atoms with Gasteiger partial charge in [-0.05, 0) is 50.4 Å². The lowest BCUT2D eigenvalue weighted by Gasteiger charge is -2.51. The molecule has 3 fully saturated rings. The molecule has 1 aliphatic heterocycles. The maximum atomic E-state index is 13.2. The Morgan fingerprint density at radius 2 is 1.90 bits per heavy atom. The van der Waals surface area contributed by atoms with Gasteiger partial charge < -0.3 is 15.8 Å². The van der Waals surface area contributed by atoms with Gasteiger partial charge in [0.1, 0.15) is 5.41 Å². The lowest BCUT2D eigenvalue weighted by atomic mass is 9.60. The van der Waals surface area contributed by atoms with Crippen LogP contribution in [0.5, 0.6) is 0 Å². The second-order valence-electron chi connectivity index (χ2n) is 7.33. The molecule has 118 valence electrons. The first-order chi connectivity index (χ1) is 10.1. The van der Waals surface area contributed by atoms with E-state index in [0.29, 0.717) is 17.9 Å². The minimum Gasteiger partial charge on any atom is -0.409 e. The molecule has 0 radical (unpaired) electrons. The molecule has 2 aliphatic carbocycles. The molecule has 0 unspecified atom stereocenters. The van der Waals surface area contributed by atoms with Gasteiger partial charge in [-0.1, -0.05) is 24.9 Å². The van der Waals surface area contributed by atoms with E-state index in [1.54, 1.807) is 0 Å². The van der Waals surface area contributed by atoms with Crippen LogP contribution in [0.25, 0.3) is 0 Å². The SMILES string of the molecule is CC1CC(C(=O)N2CCC[C@H]3CCCC[C@H]32)(C(N)=NO)C1. The third-order valence-corrected chi connectivity index (χ3v) is 5.91. The monoisotopic (exact) mass is 293 g/mol. The minimum absolute atomic E-state index is 0.114. The van der Waals surface area contributed by atoms with Crippen molar-refractivity contribution in [2.45, 2.75) is 64.3 Å². The van der Waals surface area contributed by atoms with E-state index < -0.39 is 5.41 Å². The van der Waals surface area contributed by atoms with E-state index in [9.17, 15) is 4.79 Å². The highest BCUT2D eigenvalue weighted by Crippen LogP contribution is 2.48. The largest absolute Gasteiger partial charge is 0.409 e. The fourth-order valence-electron chi connectivity index (χ4n) is 4.87. The summed E-state index contributed by atoms with van der Waals surface area (Å²) in [6.45, 7) is 2.96. The number of hydrogen-bond acceptors (Lipinski definition) is 3. The molecule has 0 bridgehead atoms. The Bertz CT molecular complexity index is 441. The highest BCUT2D eigenvalue weighted by atomic mass is 16.4. The Morgan fingerprint density at radius 1 is 1.24 bits per heavy atom. The molecule has 0 aromatic heterocycles. The van der Waals surface area contributed by atoms with Crippen LogP contribution < -0.4 is 5.73 Å². The summed E-state index contributed by atoms with van der Waals surface area (Å²) in [4.78, 5) is 15.2. The fraction of sp³-hybridized carbons (Fsp3) is 0.875. The summed E-state index contributed by atoms with van der Waals surface area (Å²) >= 11 is 0. The third-order valence-electron chi connectivity index (χ3n) is 5.91. The Hall–Kier alpha value is -1.26. The van der Waals surface area contributed by atoms with Crippen molar-refractivity contribution in [3.8, 4) is 0 Å². The number of nitrogens with zero attached hydrogens (tertiary/aromatic N) is 2. The molecule has 1 amide bonds. The summed E-state index contributed by atoms with van der Waals surface area (Å²) < 4.78 is 0. The number of likely N-dealkylation sites (tertiary alicyclic amines) is 1. The number of fused-ring (bicyclic) bond motifs is 1. The normalized spacial score (nSPS) is 40.3. The van der Waals surface area contributed by atoms with Gasteiger partial charge >= 0.3 is 0 Å². The Balaban J connectivity index is 1.82. The van der Waals surface area contributed by atoms with Crippen LogP contribution in [-0.2, 0) is 4.79 Å². The van der Waals surface area contributed by atoms with Crippen LogP contribution >= 0.6 is 0 Å². The molecular weight excluding hydrogens is 266 g/mol. The number of nitrogens with two attached hydrogens (primary N) is 1. The van der Waals surface area contributed by atoms with E-state index in [1.807, 2.05) is 0 Å². The van der Waals surface area contributed by atoms with Crippen molar-refractivity contribution in [2.75, 3.05) is 6.54 Å². The van der Waals surface area contributed by atoms with Crippen molar-refractivity contribution >= 4 is 11.7 Å². The molecule has 3 N–H and O–H groups in total. The molecule has 21 heavy (non-hydrogen) atoms. The molecule has 0 aromatic rings. The zero-order chi connectivity index (χ0) is 15.0. The predicted molar refractivity (Wildman–Crippen MR) is 80.9 cm³/mol. The number of rotatable bonds is 2. The van der Waals surface area contributed by atoms with Crippen LogP contribution in [0.15, 0.2) is 5.16 Å². The van der Waals surface area contributed by atoms with Gasteiger partial charge in [-0.3, -0.25) is 4.79 Å². The van der Waals surface area contributed by atoms with Crippen LogP contribution in [0.3, 0.4) is 0 Å². The van der Waals surface area contributed by atoms with E-state index in [2.05, 4.69) is 17.0 Å². The fourth-order valence-corrected chi connectivity index (χ4v) is 4.87. The molecule has 1 saturated heterocycles. The molecule has 0 aromatic carbocycles. The van der Waals surface area contributed by atoms with Gasteiger partial charge in [-0.2, -0.15) is 0 Å². The molecule has 2 atom stereocenters. The van der Waals surface area contributed by atoms with Crippen molar-refractivity contribution in [1.82, 2.24) is 4.90 Å². The molecule has 1 heterocycles. The van der Waals surface area contributed by atoms with Gasteiger partial charge in [0.25, 0.3) is 0 Å². The van der Waals surface area contributed by atoms with Gasteiger partial charge in [-0.25, -0.2) is 0 Å². The number of carbonyl (C=O) groups excluding carboxylic acids is 1. The van der Waals surface area contributed by atoms with Crippen molar-refractivity contribution < 1.29 is 10.0 Å². The quantitative estimate of drug-likeness (QED) is 0.355. The first-order valence-electron chi connectivity index (χ1n) is 8.37. The van der Waals surface area contributed by atoms with Crippen LogP contribution in [0.1, 0.15) is 58.3 Å². The number of oxime groups is 1. The van der Waals surface area contributed by atoms with Gasteiger partial charge in [0, 0.05) is 12.6 Å². The van der Waals surface area contributed by atoms with Gasteiger partial charge in [0.05, 0.1) is 0 Å². The lowest BCUT2D eigenvalue weighted by Crippen LogP contribution is -2.61. The molecule has 5 heteroatoms. The van der Waals surface area contributed by atoms with E-state index in [0.717, 1.165) is 32.2 Å². The lowest BCUT2D eigenvalue weighted by molar-refractivity contribution is -0.151. The minimum atomic E-state index is -0.729. The molecule has 0 spiro atoms. The third kappa shape index (κ3) is 2.30. The smallest absolute Gasteiger partial charge is 0.236 e. The molecular formula is C16H27N3O2.